The first kappa shape index (κ1) is 15.2. The van der Waals surface area contributed by atoms with Gasteiger partial charge in [0.2, 0.25) is 11.8 Å². The van der Waals surface area contributed by atoms with E-state index in [1.54, 1.807) is 13.8 Å². The molecular formula is C13H20N2O4. The number of carbonyl (C=O) groups is 3. The summed E-state index contributed by atoms with van der Waals surface area (Å²) in [6, 6.07) is -1.43. The topological polar surface area (TPSA) is 77.9 Å². The maximum atomic E-state index is 12.3. The van der Waals surface area contributed by atoms with Crippen LogP contribution in [-0.2, 0) is 14.4 Å². The van der Waals surface area contributed by atoms with E-state index in [1.165, 1.54) is 16.8 Å². The minimum Gasteiger partial charge on any atom is -0.480 e. The van der Waals surface area contributed by atoms with Crippen molar-refractivity contribution in [3.63, 3.8) is 0 Å². The van der Waals surface area contributed by atoms with Gasteiger partial charge in [0.15, 0.2) is 0 Å². The van der Waals surface area contributed by atoms with Crippen LogP contribution >= 0.6 is 0 Å². The highest BCUT2D eigenvalue weighted by Crippen LogP contribution is 2.22. The van der Waals surface area contributed by atoms with E-state index >= 15 is 0 Å². The summed E-state index contributed by atoms with van der Waals surface area (Å²) in [6.07, 6.45) is 1.60. The molecule has 1 fully saturated rings. The first-order valence-corrected chi connectivity index (χ1v) is 6.23. The molecule has 19 heavy (non-hydrogen) atoms. The number of nitrogens with zero attached hydrogens (tertiary/aromatic N) is 2. The fourth-order valence-corrected chi connectivity index (χ4v) is 2.40. The molecule has 0 aliphatic carbocycles. The Balaban J connectivity index is 2.88. The number of hydrogen-bond donors (Lipinski definition) is 1. The van der Waals surface area contributed by atoms with Crippen molar-refractivity contribution in [1.29, 1.82) is 0 Å². The lowest BCUT2D eigenvalue weighted by Crippen LogP contribution is -2.49. The molecule has 0 saturated carbocycles. The standard InChI is InChI=1S/C13H20N2O4/c1-5-10(16)14(4)9-6-7-15(12(9)17)11(8(2)3)13(18)19/h5,8-9,11H,1,6-7H2,2-4H3,(H,18,19)/t9-,11?/m1/s1. The minimum atomic E-state index is -1.01. The number of likely N-dealkylation sites (tertiary alicyclic amines) is 1. The lowest BCUT2D eigenvalue weighted by Gasteiger charge is -2.28. The van der Waals surface area contributed by atoms with E-state index in [0.29, 0.717) is 13.0 Å². The van der Waals surface area contributed by atoms with E-state index in [9.17, 15) is 19.5 Å². The van der Waals surface area contributed by atoms with Crippen LogP contribution in [0.15, 0.2) is 12.7 Å². The number of amides is 2. The minimum absolute atomic E-state index is 0.180. The van der Waals surface area contributed by atoms with Crippen molar-refractivity contribution in [2.75, 3.05) is 13.6 Å². The van der Waals surface area contributed by atoms with Crippen molar-refractivity contribution in [3.05, 3.63) is 12.7 Å². The molecule has 0 spiro atoms. The molecular weight excluding hydrogens is 248 g/mol. The van der Waals surface area contributed by atoms with Gasteiger partial charge >= 0.3 is 5.97 Å². The van der Waals surface area contributed by atoms with Gasteiger partial charge in [-0.1, -0.05) is 20.4 Å². The summed E-state index contributed by atoms with van der Waals surface area (Å²) in [4.78, 5) is 37.7. The van der Waals surface area contributed by atoms with E-state index in [2.05, 4.69) is 6.58 Å². The van der Waals surface area contributed by atoms with Crippen LogP contribution in [0.3, 0.4) is 0 Å². The largest absolute Gasteiger partial charge is 0.480 e. The van der Waals surface area contributed by atoms with Crippen molar-refractivity contribution in [2.24, 2.45) is 5.92 Å². The number of carboxylic acid groups (broad SMARTS) is 1. The molecule has 0 aromatic heterocycles. The van der Waals surface area contributed by atoms with Gasteiger partial charge in [0.25, 0.3) is 0 Å². The molecule has 1 heterocycles. The van der Waals surface area contributed by atoms with E-state index < -0.39 is 18.1 Å². The average Bonchev–Trinajstić information content (AvgIpc) is 2.69. The number of rotatable bonds is 5. The van der Waals surface area contributed by atoms with E-state index in [1.807, 2.05) is 0 Å². The molecule has 1 N–H and O–H groups in total. The van der Waals surface area contributed by atoms with Crippen LogP contribution in [0.25, 0.3) is 0 Å². The Bertz CT molecular complexity index is 405. The molecule has 1 unspecified atom stereocenters. The van der Waals surface area contributed by atoms with Gasteiger partial charge < -0.3 is 14.9 Å². The third-order valence-electron chi connectivity index (χ3n) is 3.42. The van der Waals surface area contributed by atoms with Gasteiger partial charge in [0.1, 0.15) is 12.1 Å². The number of carbonyl (C=O) groups excluding carboxylic acids is 2. The number of likely N-dealkylation sites (N-methyl/N-ethyl adjacent to an activating group) is 1. The number of aliphatic carboxylic acids is 1. The molecule has 1 saturated heterocycles. The van der Waals surface area contributed by atoms with Crippen molar-refractivity contribution >= 4 is 17.8 Å². The summed E-state index contributed by atoms with van der Waals surface area (Å²) >= 11 is 0. The highest BCUT2D eigenvalue weighted by Gasteiger charge is 2.42. The molecule has 0 aromatic rings. The second-order valence-electron chi connectivity index (χ2n) is 5.02. The lowest BCUT2D eigenvalue weighted by atomic mass is 10.0. The van der Waals surface area contributed by atoms with Gasteiger partial charge in [-0.15, -0.1) is 0 Å². The maximum Gasteiger partial charge on any atom is 0.326 e. The Kier molecular flexibility index (Phi) is 4.69. The maximum absolute atomic E-state index is 12.3. The summed E-state index contributed by atoms with van der Waals surface area (Å²) in [5, 5.41) is 9.21. The van der Waals surface area contributed by atoms with Crippen LogP contribution < -0.4 is 0 Å². The van der Waals surface area contributed by atoms with Gasteiger partial charge in [-0.2, -0.15) is 0 Å². The van der Waals surface area contributed by atoms with Gasteiger partial charge in [-0.25, -0.2) is 4.79 Å². The molecule has 1 aliphatic rings. The normalized spacial score (nSPS) is 20.5. The Labute approximate surface area is 112 Å². The molecule has 1 rings (SSSR count). The fraction of sp³-hybridized carbons (Fsp3) is 0.615. The van der Waals surface area contributed by atoms with Crippen molar-refractivity contribution < 1.29 is 19.5 Å². The second kappa shape index (κ2) is 5.86. The van der Waals surface area contributed by atoms with Crippen LogP contribution in [0.2, 0.25) is 0 Å². The van der Waals surface area contributed by atoms with Gasteiger partial charge in [0, 0.05) is 13.6 Å². The Morgan fingerprint density at radius 2 is 2.11 bits per heavy atom. The average molecular weight is 268 g/mol. The van der Waals surface area contributed by atoms with Gasteiger partial charge in [0.05, 0.1) is 0 Å². The van der Waals surface area contributed by atoms with Crippen LogP contribution in [0.4, 0.5) is 0 Å². The van der Waals surface area contributed by atoms with Gasteiger partial charge in [-0.05, 0) is 18.4 Å². The zero-order chi connectivity index (χ0) is 14.7. The molecule has 6 heteroatoms. The van der Waals surface area contributed by atoms with Crippen molar-refractivity contribution in [1.82, 2.24) is 9.80 Å². The SMILES string of the molecule is C=CC(=O)N(C)[C@@H]1CCN(C(C(=O)O)C(C)C)C1=O. The smallest absolute Gasteiger partial charge is 0.326 e. The first-order valence-electron chi connectivity index (χ1n) is 6.23. The summed E-state index contributed by atoms with van der Waals surface area (Å²) < 4.78 is 0. The van der Waals surface area contributed by atoms with Crippen LogP contribution in [-0.4, -0.2) is 58.4 Å². The number of carboxylic acids is 1. The monoisotopic (exact) mass is 268 g/mol. The first-order chi connectivity index (χ1) is 8.81. The zero-order valence-electron chi connectivity index (χ0n) is 11.5. The molecule has 1 aliphatic heterocycles. The van der Waals surface area contributed by atoms with E-state index in [4.69, 9.17) is 0 Å². The molecule has 106 valence electrons. The molecule has 2 atom stereocenters. The quantitative estimate of drug-likeness (QED) is 0.729. The van der Waals surface area contributed by atoms with Gasteiger partial charge in [-0.3, -0.25) is 9.59 Å². The second-order valence-corrected chi connectivity index (χ2v) is 5.02. The molecule has 6 nitrogen and oxygen atoms in total. The van der Waals surface area contributed by atoms with Crippen LogP contribution in [0.5, 0.6) is 0 Å². The predicted octanol–water partition coefficient (Wildman–Crippen LogP) is 0.341. The van der Waals surface area contributed by atoms with Crippen molar-refractivity contribution in [3.8, 4) is 0 Å². The molecule has 0 bridgehead atoms. The van der Waals surface area contributed by atoms with E-state index in [0.717, 1.165) is 6.08 Å². The number of hydrogen-bond acceptors (Lipinski definition) is 3. The lowest BCUT2D eigenvalue weighted by molar-refractivity contribution is -0.151. The summed E-state index contributed by atoms with van der Waals surface area (Å²) in [6.45, 7) is 7.26. The molecule has 2 amide bonds. The zero-order valence-corrected chi connectivity index (χ0v) is 11.5. The Morgan fingerprint density at radius 1 is 1.53 bits per heavy atom. The fourth-order valence-electron chi connectivity index (χ4n) is 2.40. The van der Waals surface area contributed by atoms with Crippen LogP contribution in [0, 0.1) is 5.92 Å². The molecule has 0 aromatic carbocycles. The van der Waals surface area contributed by atoms with Crippen molar-refractivity contribution in [2.45, 2.75) is 32.4 Å². The van der Waals surface area contributed by atoms with Crippen LogP contribution in [0.1, 0.15) is 20.3 Å². The summed E-state index contributed by atoms with van der Waals surface area (Å²) in [5.41, 5.74) is 0. The summed E-state index contributed by atoms with van der Waals surface area (Å²) in [5.74, 6) is -1.84. The highest BCUT2D eigenvalue weighted by molar-refractivity contribution is 5.94. The molecule has 0 radical (unpaired) electrons. The predicted molar refractivity (Wildman–Crippen MR) is 69.3 cm³/mol. The Hall–Kier alpha value is -1.85. The summed E-state index contributed by atoms with van der Waals surface area (Å²) in [7, 11) is 1.53. The third kappa shape index (κ3) is 2.94. The Morgan fingerprint density at radius 3 is 2.53 bits per heavy atom. The van der Waals surface area contributed by atoms with E-state index in [-0.39, 0.29) is 17.7 Å². The third-order valence-corrected chi connectivity index (χ3v) is 3.42. The highest BCUT2D eigenvalue weighted by atomic mass is 16.4.